The number of nitrogens with one attached hydrogen (secondary N) is 1. The van der Waals surface area contributed by atoms with Gasteiger partial charge in [-0.1, -0.05) is 22.4 Å². The average molecular weight is 581 g/mol. The van der Waals surface area contributed by atoms with Gasteiger partial charge < -0.3 is 10.2 Å². The number of amides is 2. The molecule has 0 radical (unpaired) electrons. The highest BCUT2D eigenvalue weighted by molar-refractivity contribution is 9.10. The number of carbonyl (C=O) groups is 2. The number of fused-ring (bicyclic) bond motifs is 1. The lowest BCUT2D eigenvalue weighted by Crippen LogP contribution is -2.41. The van der Waals surface area contributed by atoms with Crippen LogP contribution in [0, 0.1) is 34.2 Å². The smallest absolute Gasteiger partial charge is 0.274 e. The van der Waals surface area contributed by atoms with Gasteiger partial charge in [0, 0.05) is 58.5 Å². The normalized spacial score (nSPS) is 20.3. The van der Waals surface area contributed by atoms with E-state index in [4.69, 9.17) is 0 Å². The maximum atomic E-state index is 13.4. The Balaban J connectivity index is 1.33. The highest BCUT2D eigenvalue weighted by atomic mass is 79.9. The first kappa shape index (κ1) is 26.0. The predicted octanol–water partition coefficient (Wildman–Crippen LogP) is 5.54. The summed E-state index contributed by atoms with van der Waals surface area (Å²) >= 11 is 3.34. The fraction of sp³-hybridized carbons (Fsp3) is 0.321. The minimum absolute atomic E-state index is 0.0995. The number of hydrogen-bond acceptors (Lipinski definition) is 5. The van der Waals surface area contributed by atoms with Crippen molar-refractivity contribution in [3.63, 3.8) is 0 Å². The number of aromatic nitrogens is 1. The molecule has 2 amide bonds. The van der Waals surface area contributed by atoms with E-state index in [1.165, 1.54) is 18.2 Å². The minimum Gasteiger partial charge on any atom is -0.351 e. The molecule has 0 spiro atoms. The fourth-order valence-electron chi connectivity index (χ4n) is 5.80. The third-order valence-electron chi connectivity index (χ3n) is 7.86. The van der Waals surface area contributed by atoms with E-state index in [0.717, 1.165) is 19.3 Å². The number of benzene rings is 2. The van der Waals surface area contributed by atoms with Crippen molar-refractivity contribution in [2.45, 2.75) is 26.2 Å². The molecule has 0 unspecified atom stereocenters. The van der Waals surface area contributed by atoms with Gasteiger partial charge in [0.25, 0.3) is 17.5 Å². The lowest BCUT2D eigenvalue weighted by molar-refractivity contribution is -0.385. The first-order valence-electron chi connectivity index (χ1n) is 12.4. The minimum atomic E-state index is -0.481. The van der Waals surface area contributed by atoms with Gasteiger partial charge in [0.05, 0.1) is 16.2 Å². The van der Waals surface area contributed by atoms with E-state index < -0.39 is 4.92 Å². The predicted molar refractivity (Wildman–Crippen MR) is 143 cm³/mol. The number of rotatable bonds is 6. The third kappa shape index (κ3) is 4.80. The highest BCUT2D eigenvalue weighted by Gasteiger charge is 2.50. The number of nitrogens with zero attached hydrogens (tertiary/aromatic N) is 3. The zero-order valence-electron chi connectivity index (χ0n) is 20.7. The third-order valence-corrected chi connectivity index (χ3v) is 8.68. The molecule has 2 aromatic carbocycles. The van der Waals surface area contributed by atoms with Crippen LogP contribution in [0.3, 0.4) is 0 Å². The maximum absolute atomic E-state index is 13.4. The van der Waals surface area contributed by atoms with Crippen molar-refractivity contribution >= 4 is 33.4 Å². The second kappa shape index (κ2) is 10.2. The number of nitro groups is 1. The van der Waals surface area contributed by atoms with Gasteiger partial charge in [-0.25, -0.2) is 4.39 Å². The highest BCUT2D eigenvalue weighted by Crippen LogP contribution is 2.48. The van der Waals surface area contributed by atoms with Crippen LogP contribution in [0.5, 0.6) is 0 Å². The van der Waals surface area contributed by atoms with Crippen molar-refractivity contribution in [1.82, 2.24) is 15.2 Å². The first-order valence-corrected chi connectivity index (χ1v) is 13.2. The summed E-state index contributed by atoms with van der Waals surface area (Å²) in [6.07, 6.45) is 4.43. The molecule has 196 valence electrons. The Morgan fingerprint density at radius 1 is 1.26 bits per heavy atom. The molecule has 1 saturated heterocycles. The maximum Gasteiger partial charge on any atom is 0.274 e. The molecule has 38 heavy (non-hydrogen) atoms. The van der Waals surface area contributed by atoms with Gasteiger partial charge in [-0.2, -0.15) is 0 Å². The van der Waals surface area contributed by atoms with Gasteiger partial charge >= 0.3 is 0 Å². The van der Waals surface area contributed by atoms with Crippen molar-refractivity contribution in [2.24, 2.45) is 11.3 Å². The molecule has 1 N–H and O–H groups in total. The van der Waals surface area contributed by atoms with Crippen LogP contribution in [0.15, 0.2) is 59.2 Å². The van der Waals surface area contributed by atoms with Crippen LogP contribution in [0.25, 0.3) is 11.3 Å². The summed E-state index contributed by atoms with van der Waals surface area (Å²) in [5.41, 5.74) is 1.89. The summed E-state index contributed by atoms with van der Waals surface area (Å²) < 4.78 is 13.9. The quantitative estimate of drug-likeness (QED) is 0.304. The number of halogens is 2. The lowest BCUT2D eigenvalue weighted by atomic mass is 9.80. The molecule has 5 rings (SSSR count). The topological polar surface area (TPSA) is 105 Å². The second-order valence-electron chi connectivity index (χ2n) is 10.1. The Morgan fingerprint density at radius 3 is 2.76 bits per heavy atom. The Labute approximate surface area is 227 Å². The van der Waals surface area contributed by atoms with Gasteiger partial charge in [0.15, 0.2) is 0 Å². The van der Waals surface area contributed by atoms with Crippen LogP contribution in [-0.4, -0.2) is 46.3 Å². The number of hydrogen-bond donors (Lipinski definition) is 1. The monoisotopic (exact) mass is 580 g/mol. The van der Waals surface area contributed by atoms with Crippen molar-refractivity contribution in [2.75, 3.05) is 19.6 Å². The van der Waals surface area contributed by atoms with E-state index in [9.17, 15) is 24.1 Å². The summed E-state index contributed by atoms with van der Waals surface area (Å²) in [4.78, 5) is 43.8. The van der Waals surface area contributed by atoms with Gasteiger partial charge in [-0.15, -0.1) is 0 Å². The summed E-state index contributed by atoms with van der Waals surface area (Å²) in [5, 5.41) is 14.6. The Kier molecular flexibility index (Phi) is 7.00. The molecule has 0 bridgehead atoms. The zero-order valence-corrected chi connectivity index (χ0v) is 22.3. The SMILES string of the molecule is Cc1c(Br)cc(C(=O)N2C[C@@H]3CCC[C@]3(CNC(=O)c3cccnc3-c3ccc(F)cc3)C2)cc1[N+](=O)[O-]. The second-order valence-corrected chi connectivity index (χ2v) is 10.9. The van der Waals surface area contributed by atoms with E-state index >= 15 is 0 Å². The molecule has 8 nitrogen and oxygen atoms in total. The first-order chi connectivity index (χ1) is 18.2. The van der Waals surface area contributed by atoms with Crippen LogP contribution < -0.4 is 5.32 Å². The molecular formula is C28H26BrFN4O4. The molecule has 1 saturated carbocycles. The number of pyridine rings is 1. The molecule has 1 aliphatic carbocycles. The molecular weight excluding hydrogens is 555 g/mol. The van der Waals surface area contributed by atoms with Gasteiger partial charge in [-0.05, 0) is 68.1 Å². The van der Waals surface area contributed by atoms with E-state index in [1.54, 1.807) is 48.4 Å². The van der Waals surface area contributed by atoms with Crippen molar-refractivity contribution in [1.29, 1.82) is 0 Å². The van der Waals surface area contributed by atoms with Crippen LogP contribution >= 0.6 is 15.9 Å². The Bertz CT molecular complexity index is 1430. The van der Waals surface area contributed by atoms with Gasteiger partial charge in [0.2, 0.25) is 0 Å². The van der Waals surface area contributed by atoms with Crippen molar-refractivity contribution in [3.05, 3.63) is 91.8 Å². The number of likely N-dealkylation sites (tertiary alicyclic amines) is 1. The summed E-state index contributed by atoms with van der Waals surface area (Å²) in [7, 11) is 0. The largest absolute Gasteiger partial charge is 0.351 e. The molecule has 3 aromatic rings. The fourth-order valence-corrected chi connectivity index (χ4v) is 6.25. The zero-order chi connectivity index (χ0) is 27.0. The van der Waals surface area contributed by atoms with Crippen LogP contribution in [-0.2, 0) is 0 Å². The van der Waals surface area contributed by atoms with Gasteiger partial charge in [-0.3, -0.25) is 24.7 Å². The Hall–Kier alpha value is -3.66. The van der Waals surface area contributed by atoms with Crippen LogP contribution in [0.1, 0.15) is 45.5 Å². The van der Waals surface area contributed by atoms with E-state index in [1.807, 2.05) is 0 Å². The van der Waals surface area contributed by atoms with Crippen molar-refractivity contribution in [3.8, 4) is 11.3 Å². The molecule has 10 heteroatoms. The van der Waals surface area contributed by atoms with E-state index in [0.29, 0.717) is 46.5 Å². The van der Waals surface area contributed by atoms with E-state index in [2.05, 4.69) is 26.2 Å². The summed E-state index contributed by atoms with van der Waals surface area (Å²) in [6, 6.07) is 12.2. The average Bonchev–Trinajstić information content (AvgIpc) is 3.46. The number of carbonyl (C=O) groups excluding carboxylic acids is 2. The number of nitro benzene ring substituents is 1. The molecule has 2 aliphatic rings. The van der Waals surface area contributed by atoms with Crippen molar-refractivity contribution < 1.29 is 18.9 Å². The van der Waals surface area contributed by atoms with Crippen LogP contribution in [0.2, 0.25) is 0 Å². The summed E-state index contributed by atoms with van der Waals surface area (Å²) in [5.74, 6) is -0.670. The molecule has 1 aromatic heterocycles. The molecule has 2 heterocycles. The van der Waals surface area contributed by atoms with E-state index in [-0.39, 0.29) is 40.2 Å². The Morgan fingerprint density at radius 2 is 2.03 bits per heavy atom. The lowest BCUT2D eigenvalue weighted by Gasteiger charge is -2.29. The molecule has 2 fully saturated rings. The molecule has 1 aliphatic heterocycles. The van der Waals surface area contributed by atoms with Crippen LogP contribution in [0.4, 0.5) is 10.1 Å². The summed E-state index contributed by atoms with van der Waals surface area (Å²) in [6.45, 7) is 3.05. The standard InChI is InChI=1S/C28H26BrFN4O4/c1-17-23(29)12-19(13-24(17)34(37)38)27(36)33-14-20-4-2-10-28(20,16-33)15-32-26(35)22-5-3-11-31-25(22)18-6-8-21(30)9-7-18/h3,5-9,11-13,20H,2,4,10,14-16H2,1H3,(H,32,35)/t20-,28-/m0/s1. The molecule has 2 atom stereocenters. The van der Waals surface area contributed by atoms with Gasteiger partial charge in [0.1, 0.15) is 5.82 Å².